The molecule has 5 aliphatic rings. The largest absolute Gasteiger partial charge is 0.469 e. The number of ketones is 1. The molecule has 0 aromatic carbocycles. The van der Waals surface area contributed by atoms with E-state index in [2.05, 4.69) is 0 Å². The van der Waals surface area contributed by atoms with Crippen LogP contribution in [0.25, 0.3) is 0 Å². The molecule has 0 aromatic rings. The molecule has 7 atom stereocenters. The lowest BCUT2D eigenvalue weighted by molar-refractivity contribution is -0.169. The Hall–Kier alpha value is -2.18. The lowest BCUT2D eigenvalue weighted by Gasteiger charge is -2.43. The van der Waals surface area contributed by atoms with Crippen molar-refractivity contribution in [3.8, 4) is 0 Å². The van der Waals surface area contributed by atoms with Crippen molar-refractivity contribution in [3.05, 3.63) is 11.6 Å². The fraction of sp³-hybridized carbons (Fsp3) is 0.714. The number of fused-ring (bicyclic) bond motifs is 1. The first-order valence-electron chi connectivity index (χ1n) is 9.93. The number of Topliss-reactive ketones (excluding diaryl/α,β-unsaturated/α-hetero) is 1. The zero-order valence-corrected chi connectivity index (χ0v) is 16.3. The summed E-state index contributed by atoms with van der Waals surface area (Å²) in [6.07, 6.45) is 3.86. The summed E-state index contributed by atoms with van der Waals surface area (Å²) in [5, 5.41) is 0. The molecule has 0 amide bonds. The van der Waals surface area contributed by atoms with Crippen molar-refractivity contribution >= 4 is 23.7 Å². The first-order chi connectivity index (χ1) is 13.2. The third kappa shape index (κ3) is 1.77. The molecular weight excluding hydrogens is 364 g/mol. The number of hydrogen-bond donors (Lipinski definition) is 0. The van der Waals surface area contributed by atoms with E-state index >= 15 is 0 Å². The Bertz CT molecular complexity index is 859. The van der Waals surface area contributed by atoms with Crippen LogP contribution in [0.1, 0.15) is 46.0 Å². The SMILES string of the molecule is COC(=O)[C@H]1[C@@H]2[C@]3(C)C(=O)O[C@]2(CC[C@@H]3OC(C)=O)C2=CC[C@@H]3C[C@@]21CC3=O. The van der Waals surface area contributed by atoms with Gasteiger partial charge in [-0.3, -0.25) is 19.2 Å². The van der Waals surface area contributed by atoms with Gasteiger partial charge in [0.1, 0.15) is 22.9 Å². The predicted octanol–water partition coefficient (Wildman–Crippen LogP) is 1.73. The van der Waals surface area contributed by atoms with E-state index in [0.29, 0.717) is 25.7 Å². The molecule has 1 spiro atoms. The Morgan fingerprint density at radius 1 is 1.29 bits per heavy atom. The maximum absolute atomic E-state index is 13.1. The molecule has 5 rings (SSSR count). The number of allylic oxidation sites excluding steroid dienone is 1. The second-order valence-corrected chi connectivity index (χ2v) is 9.23. The van der Waals surface area contributed by atoms with Crippen molar-refractivity contribution < 1.29 is 33.4 Å². The molecule has 0 N–H and O–H groups in total. The number of esters is 3. The molecular formula is C21H24O7. The molecule has 0 radical (unpaired) electrons. The first kappa shape index (κ1) is 17.9. The lowest BCUT2D eigenvalue weighted by Crippen LogP contribution is -2.54. The van der Waals surface area contributed by atoms with Gasteiger partial charge in [0.15, 0.2) is 0 Å². The second kappa shape index (κ2) is 5.24. The number of carbonyl (C=O) groups is 4. The summed E-state index contributed by atoms with van der Waals surface area (Å²) >= 11 is 0. The van der Waals surface area contributed by atoms with Gasteiger partial charge in [-0.15, -0.1) is 0 Å². The number of carbonyl (C=O) groups excluding carboxylic acids is 4. The van der Waals surface area contributed by atoms with Gasteiger partial charge in [0.05, 0.1) is 13.0 Å². The first-order valence-corrected chi connectivity index (χ1v) is 9.93. The third-order valence-electron chi connectivity index (χ3n) is 8.16. The molecule has 1 saturated heterocycles. The van der Waals surface area contributed by atoms with Gasteiger partial charge in [-0.25, -0.2) is 0 Å². The Labute approximate surface area is 162 Å². The zero-order valence-electron chi connectivity index (χ0n) is 16.3. The molecule has 1 heterocycles. The van der Waals surface area contributed by atoms with E-state index in [1.165, 1.54) is 14.0 Å². The van der Waals surface area contributed by atoms with Crippen molar-refractivity contribution in [2.24, 2.45) is 28.6 Å². The van der Waals surface area contributed by atoms with Crippen LogP contribution in [0.4, 0.5) is 0 Å². The van der Waals surface area contributed by atoms with Crippen LogP contribution in [0.2, 0.25) is 0 Å². The topological polar surface area (TPSA) is 96.0 Å². The van der Waals surface area contributed by atoms with E-state index in [4.69, 9.17) is 14.2 Å². The summed E-state index contributed by atoms with van der Waals surface area (Å²) in [7, 11) is 1.34. The average Bonchev–Trinajstić information content (AvgIpc) is 3.10. The number of methoxy groups -OCH3 is 1. The van der Waals surface area contributed by atoms with Gasteiger partial charge in [0.2, 0.25) is 0 Å². The van der Waals surface area contributed by atoms with Gasteiger partial charge in [0, 0.05) is 30.6 Å². The number of rotatable bonds is 2. The summed E-state index contributed by atoms with van der Waals surface area (Å²) in [4.78, 5) is 50.5. The van der Waals surface area contributed by atoms with Crippen LogP contribution in [-0.2, 0) is 33.4 Å². The van der Waals surface area contributed by atoms with Crippen molar-refractivity contribution in [2.45, 2.75) is 57.7 Å². The molecule has 1 aliphatic heterocycles. The van der Waals surface area contributed by atoms with Gasteiger partial charge in [0.25, 0.3) is 0 Å². The van der Waals surface area contributed by atoms with Gasteiger partial charge in [-0.2, -0.15) is 0 Å². The van der Waals surface area contributed by atoms with Gasteiger partial charge >= 0.3 is 17.9 Å². The van der Waals surface area contributed by atoms with Crippen LogP contribution in [0.3, 0.4) is 0 Å². The van der Waals surface area contributed by atoms with Crippen LogP contribution in [0.15, 0.2) is 11.6 Å². The maximum atomic E-state index is 13.1. The van der Waals surface area contributed by atoms with E-state index in [-0.39, 0.29) is 18.1 Å². The highest BCUT2D eigenvalue weighted by molar-refractivity contribution is 5.92. The van der Waals surface area contributed by atoms with Crippen molar-refractivity contribution in [3.63, 3.8) is 0 Å². The van der Waals surface area contributed by atoms with Gasteiger partial charge < -0.3 is 14.2 Å². The summed E-state index contributed by atoms with van der Waals surface area (Å²) in [6, 6.07) is 0. The highest BCUT2D eigenvalue weighted by Gasteiger charge is 2.82. The molecule has 4 aliphatic carbocycles. The van der Waals surface area contributed by atoms with Gasteiger partial charge in [-0.05, 0) is 38.2 Å². The quantitative estimate of drug-likeness (QED) is 0.404. The van der Waals surface area contributed by atoms with Crippen molar-refractivity contribution in [1.29, 1.82) is 0 Å². The molecule has 0 unspecified atom stereocenters. The molecule has 150 valence electrons. The lowest BCUT2D eigenvalue weighted by atomic mass is 9.59. The molecule has 28 heavy (non-hydrogen) atoms. The van der Waals surface area contributed by atoms with Gasteiger partial charge in [-0.1, -0.05) is 6.08 Å². The Morgan fingerprint density at radius 3 is 2.71 bits per heavy atom. The smallest absolute Gasteiger partial charge is 0.316 e. The highest BCUT2D eigenvalue weighted by Crippen LogP contribution is 2.75. The Morgan fingerprint density at radius 2 is 2.04 bits per heavy atom. The minimum Gasteiger partial charge on any atom is -0.469 e. The third-order valence-corrected chi connectivity index (χ3v) is 8.16. The van der Waals surface area contributed by atoms with E-state index in [1.54, 1.807) is 6.92 Å². The number of ether oxygens (including phenoxy) is 3. The average molecular weight is 388 g/mol. The van der Waals surface area contributed by atoms with Crippen LogP contribution in [0.5, 0.6) is 0 Å². The molecule has 7 nitrogen and oxygen atoms in total. The van der Waals surface area contributed by atoms with E-state index in [9.17, 15) is 19.2 Å². The normalized spacial score (nSPS) is 47.8. The van der Waals surface area contributed by atoms with Crippen molar-refractivity contribution in [1.82, 2.24) is 0 Å². The minimum absolute atomic E-state index is 0.0845. The fourth-order valence-electron chi connectivity index (χ4n) is 7.26. The summed E-state index contributed by atoms with van der Waals surface area (Å²) in [5.41, 5.74) is -1.76. The summed E-state index contributed by atoms with van der Waals surface area (Å²) in [5.74, 6) is -2.39. The molecule has 4 fully saturated rings. The number of hydrogen-bond acceptors (Lipinski definition) is 7. The Balaban J connectivity index is 1.73. The fourth-order valence-corrected chi connectivity index (χ4v) is 7.26. The van der Waals surface area contributed by atoms with E-state index in [0.717, 1.165) is 5.57 Å². The second-order valence-electron chi connectivity index (χ2n) is 9.23. The van der Waals surface area contributed by atoms with E-state index < -0.39 is 52.3 Å². The van der Waals surface area contributed by atoms with Crippen molar-refractivity contribution in [2.75, 3.05) is 7.11 Å². The molecule has 4 bridgehead atoms. The minimum atomic E-state index is -1.14. The molecule has 0 aromatic heterocycles. The highest BCUT2D eigenvalue weighted by atomic mass is 16.6. The van der Waals surface area contributed by atoms with Crippen LogP contribution in [0, 0.1) is 28.6 Å². The van der Waals surface area contributed by atoms with Crippen LogP contribution < -0.4 is 0 Å². The summed E-state index contributed by atoms with van der Waals surface area (Å²) < 4.78 is 16.8. The summed E-state index contributed by atoms with van der Waals surface area (Å²) in [6.45, 7) is 3.06. The monoisotopic (exact) mass is 388 g/mol. The molecule has 7 heteroatoms. The standard InChI is InChI=1S/C21H24O7/c1-10(22)27-14-6-7-21-13-5-4-11-8-20(13,9-12(11)23)15(17(24)26-3)16(21)19(14,2)18(25)28-21/h5,11,14-16H,4,6-9H2,1-3H3/t11-,14+,15-,16-,19-,20-,21-/m1/s1. The molecule has 3 saturated carbocycles. The van der Waals surface area contributed by atoms with Crippen LogP contribution in [-0.4, -0.2) is 42.5 Å². The Kier molecular flexibility index (Phi) is 3.35. The maximum Gasteiger partial charge on any atom is 0.316 e. The van der Waals surface area contributed by atoms with Crippen LogP contribution >= 0.6 is 0 Å². The van der Waals surface area contributed by atoms with E-state index in [1.807, 2.05) is 6.08 Å². The zero-order chi connectivity index (χ0) is 20.1. The predicted molar refractivity (Wildman–Crippen MR) is 93.6 cm³/mol.